The van der Waals surface area contributed by atoms with Crippen LogP contribution in [0.3, 0.4) is 0 Å². The fourth-order valence-electron chi connectivity index (χ4n) is 0.849. The van der Waals surface area contributed by atoms with Gasteiger partial charge in [0.15, 0.2) is 5.78 Å². The van der Waals surface area contributed by atoms with Gasteiger partial charge in [0.05, 0.1) is 0 Å². The van der Waals surface area contributed by atoms with Crippen LogP contribution in [-0.2, 0) is 0 Å². The van der Waals surface area contributed by atoms with Gasteiger partial charge in [0.1, 0.15) is 0 Å². The highest BCUT2D eigenvalue weighted by Gasteiger charge is 1.98. The van der Waals surface area contributed by atoms with Crippen molar-refractivity contribution in [2.75, 3.05) is 0 Å². The van der Waals surface area contributed by atoms with Crippen LogP contribution >= 0.6 is 0 Å². The van der Waals surface area contributed by atoms with Crippen molar-refractivity contribution in [2.24, 2.45) is 0 Å². The van der Waals surface area contributed by atoms with E-state index >= 15 is 0 Å². The lowest BCUT2D eigenvalue weighted by molar-refractivity contribution is 0.104. The molecule has 12 heavy (non-hydrogen) atoms. The minimum atomic E-state index is -0.0847. The van der Waals surface area contributed by atoms with Crippen LogP contribution in [0, 0.1) is 12.3 Å². The molecule has 0 saturated carbocycles. The number of allylic oxidation sites excluding steroid dienone is 1. The van der Waals surface area contributed by atoms with E-state index in [0.717, 1.165) is 5.56 Å². The van der Waals surface area contributed by atoms with Crippen molar-refractivity contribution >= 4 is 5.78 Å². The van der Waals surface area contributed by atoms with Crippen LogP contribution in [0.1, 0.15) is 15.9 Å². The summed E-state index contributed by atoms with van der Waals surface area (Å²) in [4.78, 5) is 11.0. The number of terminal acetylenes is 1. The zero-order valence-corrected chi connectivity index (χ0v) is 6.58. The van der Waals surface area contributed by atoms with Gasteiger partial charge < -0.3 is 0 Å². The van der Waals surface area contributed by atoms with Crippen LogP contribution in [-0.4, -0.2) is 5.78 Å². The standard InChI is InChI=1S/C11H8O/c1-3-9-5-7-10(8-6-9)11(12)4-2/h1,4-8H,2H2. The summed E-state index contributed by atoms with van der Waals surface area (Å²) in [6.07, 6.45) is 6.44. The van der Waals surface area contributed by atoms with Gasteiger partial charge in [0.2, 0.25) is 0 Å². The van der Waals surface area contributed by atoms with Crippen molar-refractivity contribution < 1.29 is 4.79 Å². The number of carbonyl (C=O) groups is 1. The normalized spacial score (nSPS) is 8.58. The van der Waals surface area contributed by atoms with Gasteiger partial charge in [-0.25, -0.2) is 0 Å². The predicted octanol–water partition coefficient (Wildman–Crippen LogP) is 2.04. The van der Waals surface area contributed by atoms with Crippen LogP contribution in [0.2, 0.25) is 0 Å². The highest BCUT2D eigenvalue weighted by Crippen LogP contribution is 2.04. The molecule has 0 aromatic heterocycles. The van der Waals surface area contributed by atoms with E-state index in [2.05, 4.69) is 12.5 Å². The first-order chi connectivity index (χ1) is 5.77. The Labute approximate surface area is 71.7 Å². The molecule has 0 saturated heterocycles. The van der Waals surface area contributed by atoms with Gasteiger partial charge in [0, 0.05) is 11.1 Å². The summed E-state index contributed by atoms with van der Waals surface area (Å²) < 4.78 is 0. The minimum Gasteiger partial charge on any atom is -0.289 e. The summed E-state index contributed by atoms with van der Waals surface area (Å²) >= 11 is 0. The SMILES string of the molecule is C#Cc1ccc(C(=O)C=C)cc1. The van der Waals surface area contributed by atoms with Crippen LogP contribution in [0.4, 0.5) is 0 Å². The Balaban J connectivity index is 3.01. The Morgan fingerprint density at radius 3 is 2.42 bits per heavy atom. The van der Waals surface area contributed by atoms with Crippen LogP contribution in [0.15, 0.2) is 36.9 Å². The zero-order chi connectivity index (χ0) is 8.97. The average Bonchev–Trinajstić information content (AvgIpc) is 2.17. The van der Waals surface area contributed by atoms with E-state index in [9.17, 15) is 4.79 Å². The van der Waals surface area contributed by atoms with E-state index in [1.807, 2.05) is 0 Å². The topological polar surface area (TPSA) is 17.1 Å². The van der Waals surface area contributed by atoms with Crippen molar-refractivity contribution in [2.45, 2.75) is 0 Å². The predicted molar refractivity (Wildman–Crippen MR) is 48.9 cm³/mol. The summed E-state index contributed by atoms with van der Waals surface area (Å²) in [5.41, 5.74) is 1.39. The van der Waals surface area contributed by atoms with Crippen LogP contribution < -0.4 is 0 Å². The molecule has 0 bridgehead atoms. The number of benzene rings is 1. The molecule has 1 nitrogen and oxygen atoms in total. The number of rotatable bonds is 2. The third-order valence-electron chi connectivity index (χ3n) is 1.52. The molecule has 0 aliphatic carbocycles. The molecule has 0 atom stereocenters. The van der Waals surface area contributed by atoms with Gasteiger partial charge in [-0.05, 0) is 30.3 Å². The molecule has 0 radical (unpaired) electrons. The average molecular weight is 156 g/mol. The van der Waals surface area contributed by atoms with E-state index < -0.39 is 0 Å². The molecule has 1 aromatic carbocycles. The maximum absolute atomic E-state index is 11.0. The molecule has 0 aliphatic heterocycles. The fraction of sp³-hybridized carbons (Fsp3) is 0. The Kier molecular flexibility index (Phi) is 2.45. The van der Waals surface area contributed by atoms with Gasteiger partial charge in [0.25, 0.3) is 0 Å². The minimum absolute atomic E-state index is 0.0847. The zero-order valence-electron chi connectivity index (χ0n) is 6.58. The van der Waals surface area contributed by atoms with Crippen molar-refractivity contribution in [3.05, 3.63) is 48.0 Å². The van der Waals surface area contributed by atoms with Gasteiger partial charge in [-0.15, -0.1) is 6.42 Å². The third kappa shape index (κ3) is 1.62. The molecule has 0 unspecified atom stereocenters. The molecular formula is C11H8O. The van der Waals surface area contributed by atoms with E-state index in [1.165, 1.54) is 6.08 Å². The molecule has 1 aromatic rings. The Morgan fingerprint density at radius 1 is 1.42 bits per heavy atom. The molecule has 1 heteroatoms. The van der Waals surface area contributed by atoms with E-state index in [1.54, 1.807) is 24.3 Å². The Bertz CT molecular complexity index is 338. The number of hydrogen-bond acceptors (Lipinski definition) is 1. The maximum Gasteiger partial charge on any atom is 0.185 e. The third-order valence-corrected chi connectivity index (χ3v) is 1.52. The second-order valence-corrected chi connectivity index (χ2v) is 2.29. The van der Waals surface area contributed by atoms with E-state index in [4.69, 9.17) is 6.42 Å². The highest BCUT2D eigenvalue weighted by molar-refractivity contribution is 6.04. The molecule has 0 heterocycles. The lowest BCUT2D eigenvalue weighted by Crippen LogP contribution is -1.92. The monoisotopic (exact) mass is 156 g/mol. The maximum atomic E-state index is 11.0. The molecule has 0 aliphatic rings. The van der Waals surface area contributed by atoms with Gasteiger partial charge in [-0.2, -0.15) is 0 Å². The van der Waals surface area contributed by atoms with Crippen molar-refractivity contribution in [3.63, 3.8) is 0 Å². The molecule has 0 spiro atoms. The van der Waals surface area contributed by atoms with Crippen molar-refractivity contribution in [1.82, 2.24) is 0 Å². The smallest absolute Gasteiger partial charge is 0.185 e. The number of carbonyl (C=O) groups excluding carboxylic acids is 1. The molecule has 0 N–H and O–H groups in total. The first-order valence-electron chi connectivity index (χ1n) is 3.51. The summed E-state index contributed by atoms with van der Waals surface area (Å²) in [6, 6.07) is 6.85. The number of ketones is 1. The quantitative estimate of drug-likeness (QED) is 0.364. The first kappa shape index (κ1) is 8.29. The largest absolute Gasteiger partial charge is 0.289 e. The fourth-order valence-corrected chi connectivity index (χ4v) is 0.849. The van der Waals surface area contributed by atoms with Gasteiger partial charge >= 0.3 is 0 Å². The molecule has 58 valence electrons. The molecule has 0 fully saturated rings. The van der Waals surface area contributed by atoms with E-state index in [0.29, 0.717) is 5.56 Å². The Hall–Kier alpha value is -1.81. The lowest BCUT2D eigenvalue weighted by Gasteiger charge is -1.94. The van der Waals surface area contributed by atoms with Crippen molar-refractivity contribution in [3.8, 4) is 12.3 Å². The summed E-state index contributed by atoms with van der Waals surface area (Å²) in [5.74, 6) is 2.39. The number of hydrogen-bond donors (Lipinski definition) is 0. The van der Waals surface area contributed by atoms with Crippen LogP contribution in [0.5, 0.6) is 0 Å². The lowest BCUT2D eigenvalue weighted by atomic mass is 10.1. The molecule has 0 amide bonds. The first-order valence-corrected chi connectivity index (χ1v) is 3.51. The van der Waals surface area contributed by atoms with Gasteiger partial charge in [-0.3, -0.25) is 4.79 Å². The summed E-state index contributed by atoms with van der Waals surface area (Å²) in [7, 11) is 0. The van der Waals surface area contributed by atoms with E-state index in [-0.39, 0.29) is 5.78 Å². The Morgan fingerprint density at radius 2 is 2.00 bits per heavy atom. The molecular weight excluding hydrogens is 148 g/mol. The summed E-state index contributed by atoms with van der Waals surface area (Å²) in [6.45, 7) is 3.39. The van der Waals surface area contributed by atoms with Crippen molar-refractivity contribution in [1.29, 1.82) is 0 Å². The second kappa shape index (κ2) is 3.54. The van der Waals surface area contributed by atoms with Crippen LogP contribution in [0.25, 0.3) is 0 Å². The highest BCUT2D eigenvalue weighted by atomic mass is 16.1. The summed E-state index contributed by atoms with van der Waals surface area (Å²) in [5, 5.41) is 0. The van der Waals surface area contributed by atoms with Gasteiger partial charge in [-0.1, -0.05) is 12.5 Å². The second-order valence-electron chi connectivity index (χ2n) is 2.29. The molecule has 1 rings (SSSR count).